The third-order valence-corrected chi connectivity index (χ3v) is 8.57. The fourth-order valence-corrected chi connectivity index (χ4v) is 7.68. The number of Topliss-reactive ketones (excluding diaryl/α,β-unsaturated/α-hetero) is 1. The Morgan fingerprint density at radius 1 is 1.11 bits per heavy atom. The van der Waals surface area contributed by atoms with Crippen molar-refractivity contribution in [2.45, 2.75) is 44.4 Å². The second-order valence-electron chi connectivity index (χ2n) is 9.50. The number of carbonyl (C=O) groups excluding carboxylic acids is 1. The van der Waals surface area contributed by atoms with E-state index in [-0.39, 0.29) is 17.1 Å². The van der Waals surface area contributed by atoms with Crippen molar-refractivity contribution in [2.24, 2.45) is 34.5 Å². The van der Waals surface area contributed by atoms with Gasteiger partial charge in [-0.15, -0.1) is 0 Å². The maximum atomic E-state index is 13.8. The average molecular weight is 439 g/mol. The van der Waals surface area contributed by atoms with Crippen molar-refractivity contribution in [2.75, 3.05) is 7.11 Å². The molecule has 1 aromatic rings. The largest absolute Gasteiger partial charge is 0.496 e. The summed E-state index contributed by atoms with van der Waals surface area (Å²) in [6, 6.07) is 10.1. The number of carbonyl (C=O) groups is 1. The number of hydrogen-bond donors (Lipinski definition) is 0. The van der Waals surface area contributed by atoms with Gasteiger partial charge in [0.2, 0.25) is 0 Å². The minimum absolute atomic E-state index is 0.201. The molecule has 0 saturated heterocycles. The molecule has 0 amide bonds. The molecular formula is C23H23BrN2O2. The van der Waals surface area contributed by atoms with Crippen LogP contribution in [0.25, 0.3) is 0 Å². The van der Waals surface area contributed by atoms with Gasteiger partial charge in [0.05, 0.1) is 29.6 Å². The van der Waals surface area contributed by atoms with E-state index in [9.17, 15) is 15.3 Å². The minimum atomic E-state index is -1.23. The molecule has 5 saturated carbocycles. The molecule has 5 heteroatoms. The van der Waals surface area contributed by atoms with Gasteiger partial charge >= 0.3 is 0 Å². The van der Waals surface area contributed by atoms with Gasteiger partial charge in [0, 0.05) is 11.3 Å². The molecular weight excluding hydrogens is 416 g/mol. The van der Waals surface area contributed by atoms with Crippen LogP contribution < -0.4 is 4.74 Å². The zero-order chi connectivity index (χ0) is 19.7. The van der Waals surface area contributed by atoms with E-state index >= 15 is 0 Å². The van der Waals surface area contributed by atoms with Crippen LogP contribution in [0.5, 0.6) is 5.75 Å². The molecule has 144 valence electrons. The van der Waals surface area contributed by atoms with Crippen LogP contribution in [0.15, 0.2) is 22.7 Å². The van der Waals surface area contributed by atoms with Crippen LogP contribution in [-0.2, 0) is 4.79 Å². The number of nitriles is 2. The normalized spacial score (nSPS) is 39.1. The average Bonchev–Trinajstić information content (AvgIpc) is 3.35. The van der Waals surface area contributed by atoms with E-state index in [0.717, 1.165) is 29.3 Å². The predicted octanol–water partition coefficient (Wildman–Crippen LogP) is 4.99. The fraction of sp³-hybridized carbons (Fsp3) is 0.609. The number of ether oxygens (including phenoxy) is 1. The van der Waals surface area contributed by atoms with Crippen molar-refractivity contribution in [3.05, 3.63) is 28.2 Å². The number of rotatable bonds is 4. The summed E-state index contributed by atoms with van der Waals surface area (Å²) in [6.45, 7) is 0. The Kier molecular flexibility index (Phi) is 3.95. The molecule has 4 bridgehead atoms. The molecule has 0 radical (unpaired) electrons. The monoisotopic (exact) mass is 438 g/mol. The van der Waals surface area contributed by atoms with Crippen molar-refractivity contribution in [3.8, 4) is 17.9 Å². The molecule has 0 aromatic heterocycles. The lowest BCUT2D eigenvalue weighted by atomic mass is 9.48. The zero-order valence-electron chi connectivity index (χ0n) is 16.0. The number of ketones is 1. The Morgan fingerprint density at radius 3 is 2.14 bits per heavy atom. The summed E-state index contributed by atoms with van der Waals surface area (Å²) in [6.07, 6.45) is 6.73. The van der Waals surface area contributed by atoms with Gasteiger partial charge in [-0.2, -0.15) is 10.5 Å². The summed E-state index contributed by atoms with van der Waals surface area (Å²) in [7, 11) is 1.60. The lowest BCUT2D eigenvalue weighted by Crippen LogP contribution is -2.50. The second kappa shape index (κ2) is 6.07. The first-order valence-electron chi connectivity index (χ1n) is 10.2. The molecule has 0 unspecified atom stereocenters. The number of hydrogen-bond acceptors (Lipinski definition) is 4. The quantitative estimate of drug-likeness (QED) is 0.663. The van der Waals surface area contributed by atoms with Crippen LogP contribution in [0.1, 0.15) is 50.0 Å². The van der Waals surface area contributed by atoms with Crippen molar-refractivity contribution in [1.82, 2.24) is 0 Å². The highest BCUT2D eigenvalue weighted by atomic mass is 79.9. The Labute approximate surface area is 174 Å². The van der Waals surface area contributed by atoms with Crippen molar-refractivity contribution in [3.63, 3.8) is 0 Å². The summed E-state index contributed by atoms with van der Waals surface area (Å²) in [5, 5.41) is 19.8. The van der Waals surface area contributed by atoms with E-state index in [0.29, 0.717) is 23.5 Å². The molecule has 5 fully saturated rings. The number of methoxy groups -OCH3 is 1. The summed E-state index contributed by atoms with van der Waals surface area (Å²) >= 11 is 3.50. The summed E-state index contributed by atoms with van der Waals surface area (Å²) in [5.74, 6) is 2.06. The molecule has 0 N–H and O–H groups in total. The first-order chi connectivity index (χ1) is 13.5. The smallest absolute Gasteiger partial charge is 0.161 e. The molecule has 0 spiro atoms. The molecule has 0 aliphatic heterocycles. The lowest BCUT2D eigenvalue weighted by Gasteiger charge is -2.56. The van der Waals surface area contributed by atoms with E-state index in [1.165, 1.54) is 19.3 Å². The van der Waals surface area contributed by atoms with Gasteiger partial charge in [0.15, 0.2) is 5.41 Å². The van der Waals surface area contributed by atoms with E-state index in [4.69, 9.17) is 4.74 Å². The highest BCUT2D eigenvalue weighted by Crippen LogP contribution is 2.70. The Balaban J connectivity index is 1.50. The molecule has 28 heavy (non-hydrogen) atoms. The maximum absolute atomic E-state index is 13.8. The Bertz CT molecular complexity index is 892. The molecule has 5 aliphatic rings. The van der Waals surface area contributed by atoms with E-state index in [1.807, 2.05) is 18.2 Å². The van der Waals surface area contributed by atoms with Crippen LogP contribution in [0.4, 0.5) is 0 Å². The highest BCUT2D eigenvalue weighted by Gasteiger charge is 2.73. The van der Waals surface area contributed by atoms with Crippen molar-refractivity contribution >= 4 is 21.7 Å². The van der Waals surface area contributed by atoms with Crippen LogP contribution >= 0.6 is 15.9 Å². The van der Waals surface area contributed by atoms with Crippen molar-refractivity contribution < 1.29 is 9.53 Å². The van der Waals surface area contributed by atoms with Crippen LogP contribution in [0.3, 0.4) is 0 Å². The zero-order valence-corrected chi connectivity index (χ0v) is 17.5. The molecule has 5 aliphatic carbocycles. The summed E-state index contributed by atoms with van der Waals surface area (Å²) in [5.41, 5.74) is -0.635. The predicted molar refractivity (Wildman–Crippen MR) is 106 cm³/mol. The minimum Gasteiger partial charge on any atom is -0.496 e. The number of benzene rings is 1. The molecule has 4 nitrogen and oxygen atoms in total. The molecule has 2 atom stereocenters. The molecule has 0 heterocycles. The topological polar surface area (TPSA) is 73.9 Å². The summed E-state index contributed by atoms with van der Waals surface area (Å²) < 4.78 is 6.08. The van der Waals surface area contributed by atoms with Gasteiger partial charge in [-0.05, 0) is 89.9 Å². The second-order valence-corrected chi connectivity index (χ2v) is 10.4. The standard InChI is InChI=1S/C23H23BrN2O2/c1-28-18-3-2-16(7-17(18)24)19-20(23(19,11-25)12-26)21(27)22-8-13-4-14(9-22)6-15(5-13)10-22/h2-3,7,13-15,19-20H,4-6,8-10H2,1H3/t13?,14?,15?,19-,20+,22?/m0/s1. The van der Waals surface area contributed by atoms with Gasteiger partial charge in [0.1, 0.15) is 11.5 Å². The van der Waals surface area contributed by atoms with E-state index < -0.39 is 11.3 Å². The van der Waals surface area contributed by atoms with Crippen LogP contribution in [0.2, 0.25) is 0 Å². The SMILES string of the molecule is COc1ccc([C@H]2[C@H](C(=O)C34CC5CC(CC(C5)C3)C4)C2(C#N)C#N)cc1Br. The first kappa shape index (κ1) is 18.2. The highest BCUT2D eigenvalue weighted by molar-refractivity contribution is 9.10. The first-order valence-corrected chi connectivity index (χ1v) is 11.0. The maximum Gasteiger partial charge on any atom is 0.161 e. The third kappa shape index (κ3) is 2.35. The van der Waals surface area contributed by atoms with Gasteiger partial charge in [-0.1, -0.05) is 6.07 Å². The molecule has 1 aromatic carbocycles. The fourth-order valence-electron chi connectivity index (χ4n) is 7.12. The Morgan fingerprint density at radius 2 is 1.68 bits per heavy atom. The van der Waals surface area contributed by atoms with Gasteiger partial charge in [-0.3, -0.25) is 4.79 Å². The lowest BCUT2D eigenvalue weighted by molar-refractivity contribution is -0.145. The van der Waals surface area contributed by atoms with Crippen LogP contribution in [0, 0.1) is 57.2 Å². The van der Waals surface area contributed by atoms with E-state index in [1.54, 1.807) is 7.11 Å². The summed E-state index contributed by atoms with van der Waals surface area (Å²) in [4.78, 5) is 13.8. The molecule has 6 rings (SSSR count). The van der Waals surface area contributed by atoms with Gasteiger partial charge < -0.3 is 4.74 Å². The van der Waals surface area contributed by atoms with Gasteiger partial charge in [-0.25, -0.2) is 0 Å². The number of nitrogens with zero attached hydrogens (tertiary/aromatic N) is 2. The van der Waals surface area contributed by atoms with Gasteiger partial charge in [0.25, 0.3) is 0 Å². The van der Waals surface area contributed by atoms with E-state index in [2.05, 4.69) is 28.1 Å². The third-order valence-electron chi connectivity index (χ3n) is 7.95. The van der Waals surface area contributed by atoms with Crippen LogP contribution in [-0.4, -0.2) is 12.9 Å². The number of halogens is 1. The van der Waals surface area contributed by atoms with Crippen molar-refractivity contribution in [1.29, 1.82) is 10.5 Å². The Hall–Kier alpha value is -1.85.